The first kappa shape index (κ1) is 19.4. The molecule has 0 atom stereocenters. The molecule has 0 saturated carbocycles. The summed E-state index contributed by atoms with van der Waals surface area (Å²) < 4.78 is 10.2. The average molecular weight is 371 g/mol. The molecule has 0 fully saturated rings. The van der Waals surface area contributed by atoms with E-state index in [1.165, 1.54) is 50.6 Å². The highest BCUT2D eigenvalue weighted by atomic mass is 16.6. The number of nitrogens with one attached hydrogen (secondary N) is 2. The monoisotopic (exact) mass is 371 g/mol. The predicted molar refractivity (Wildman–Crippen MR) is 97.3 cm³/mol. The fourth-order valence-corrected chi connectivity index (χ4v) is 2.12. The van der Waals surface area contributed by atoms with Crippen molar-refractivity contribution >= 4 is 23.6 Å². The molecule has 0 saturated heterocycles. The third kappa shape index (κ3) is 5.30. The Morgan fingerprint density at radius 2 is 1.78 bits per heavy atom. The Morgan fingerprint density at radius 3 is 2.44 bits per heavy atom. The molecule has 140 valence electrons. The van der Waals surface area contributed by atoms with E-state index in [0.717, 1.165) is 6.08 Å². The topological polar surface area (TPSA) is 120 Å². The number of carbonyl (C=O) groups is 2. The molecule has 2 rings (SSSR count). The van der Waals surface area contributed by atoms with Crippen molar-refractivity contribution in [1.82, 2.24) is 10.9 Å². The van der Waals surface area contributed by atoms with Crippen LogP contribution in [0.3, 0.4) is 0 Å². The lowest BCUT2D eigenvalue weighted by Gasteiger charge is -2.10. The zero-order valence-electron chi connectivity index (χ0n) is 14.6. The number of carbonyl (C=O) groups excluding carboxylic acids is 2. The zero-order chi connectivity index (χ0) is 19.8. The SMILES string of the molecule is COc1ccc(C(=O)NNC(=O)/C=C/c2cccc([N+](=O)[O-])c2)cc1OC. The van der Waals surface area contributed by atoms with Gasteiger partial charge in [-0.15, -0.1) is 0 Å². The van der Waals surface area contributed by atoms with Crippen molar-refractivity contribution < 1.29 is 24.0 Å². The van der Waals surface area contributed by atoms with E-state index in [1.54, 1.807) is 12.1 Å². The van der Waals surface area contributed by atoms with Gasteiger partial charge < -0.3 is 9.47 Å². The van der Waals surface area contributed by atoms with Gasteiger partial charge in [0, 0.05) is 23.8 Å². The van der Waals surface area contributed by atoms with E-state index >= 15 is 0 Å². The van der Waals surface area contributed by atoms with Crippen LogP contribution in [0, 0.1) is 10.1 Å². The van der Waals surface area contributed by atoms with E-state index in [2.05, 4.69) is 10.9 Å². The molecule has 0 aromatic heterocycles. The lowest BCUT2D eigenvalue weighted by atomic mass is 10.2. The molecule has 2 aromatic rings. The lowest BCUT2D eigenvalue weighted by Crippen LogP contribution is -2.40. The van der Waals surface area contributed by atoms with Crippen LogP contribution in [0.5, 0.6) is 11.5 Å². The summed E-state index contributed by atoms with van der Waals surface area (Å²) in [5.74, 6) is -0.302. The summed E-state index contributed by atoms with van der Waals surface area (Å²) in [6.45, 7) is 0. The maximum absolute atomic E-state index is 12.1. The Kier molecular flexibility index (Phi) is 6.48. The number of hydrogen-bond donors (Lipinski definition) is 2. The quantitative estimate of drug-likeness (QED) is 0.456. The van der Waals surface area contributed by atoms with Gasteiger partial charge in [-0.1, -0.05) is 12.1 Å². The molecule has 0 unspecified atom stereocenters. The van der Waals surface area contributed by atoms with Crippen molar-refractivity contribution in [3.8, 4) is 11.5 Å². The minimum Gasteiger partial charge on any atom is -0.493 e. The number of ether oxygens (including phenoxy) is 2. The second-order valence-electron chi connectivity index (χ2n) is 5.20. The number of benzene rings is 2. The van der Waals surface area contributed by atoms with E-state index in [-0.39, 0.29) is 11.3 Å². The van der Waals surface area contributed by atoms with Crippen LogP contribution in [0.15, 0.2) is 48.5 Å². The van der Waals surface area contributed by atoms with Crippen molar-refractivity contribution in [2.45, 2.75) is 0 Å². The van der Waals surface area contributed by atoms with Gasteiger partial charge in [0.25, 0.3) is 17.5 Å². The molecule has 0 heterocycles. The predicted octanol–water partition coefficient (Wildman–Crippen LogP) is 2.09. The Balaban J connectivity index is 1.96. The standard InChI is InChI=1S/C18H17N3O6/c1-26-15-8-7-13(11-16(15)27-2)18(23)20-19-17(22)9-6-12-4-3-5-14(10-12)21(24)25/h3-11H,1-2H3,(H,19,22)(H,20,23)/b9-6+. The van der Waals surface area contributed by atoms with Gasteiger partial charge in [0.05, 0.1) is 19.1 Å². The number of amides is 2. The Bertz CT molecular complexity index is 894. The third-order valence-corrected chi connectivity index (χ3v) is 3.45. The zero-order valence-corrected chi connectivity index (χ0v) is 14.6. The molecular formula is C18H17N3O6. The summed E-state index contributed by atoms with van der Waals surface area (Å²) in [4.78, 5) is 34.1. The van der Waals surface area contributed by atoms with Crippen LogP contribution in [0.2, 0.25) is 0 Å². The van der Waals surface area contributed by atoms with Crippen molar-refractivity contribution in [3.63, 3.8) is 0 Å². The molecule has 27 heavy (non-hydrogen) atoms. The highest BCUT2D eigenvalue weighted by Gasteiger charge is 2.11. The molecule has 0 spiro atoms. The number of methoxy groups -OCH3 is 2. The molecule has 0 aliphatic carbocycles. The van der Waals surface area contributed by atoms with Crippen LogP contribution < -0.4 is 20.3 Å². The summed E-state index contributed by atoms with van der Waals surface area (Å²) >= 11 is 0. The van der Waals surface area contributed by atoms with Crippen LogP contribution in [0.4, 0.5) is 5.69 Å². The van der Waals surface area contributed by atoms with E-state index in [4.69, 9.17) is 9.47 Å². The molecule has 9 nitrogen and oxygen atoms in total. The van der Waals surface area contributed by atoms with E-state index in [9.17, 15) is 19.7 Å². The molecule has 2 N–H and O–H groups in total. The summed E-state index contributed by atoms with van der Waals surface area (Å²) in [5, 5.41) is 10.7. The van der Waals surface area contributed by atoms with Gasteiger partial charge in [-0.2, -0.15) is 0 Å². The van der Waals surface area contributed by atoms with E-state index in [0.29, 0.717) is 17.1 Å². The Hall–Kier alpha value is -3.88. The minimum absolute atomic E-state index is 0.0840. The molecule has 0 aliphatic rings. The molecular weight excluding hydrogens is 354 g/mol. The Morgan fingerprint density at radius 1 is 1.04 bits per heavy atom. The molecule has 0 radical (unpaired) electrons. The fraction of sp³-hybridized carbons (Fsp3) is 0.111. The number of hydrogen-bond acceptors (Lipinski definition) is 6. The smallest absolute Gasteiger partial charge is 0.270 e. The number of nitrogens with zero attached hydrogens (tertiary/aromatic N) is 1. The van der Waals surface area contributed by atoms with Crippen LogP contribution in [-0.4, -0.2) is 31.0 Å². The fourth-order valence-electron chi connectivity index (χ4n) is 2.12. The Labute approximate surface area is 154 Å². The highest BCUT2D eigenvalue weighted by molar-refractivity contribution is 5.98. The summed E-state index contributed by atoms with van der Waals surface area (Å²) in [6, 6.07) is 10.3. The minimum atomic E-state index is -0.602. The number of nitro groups is 1. The summed E-state index contributed by atoms with van der Waals surface area (Å²) in [7, 11) is 2.92. The number of hydrazine groups is 1. The summed E-state index contributed by atoms with van der Waals surface area (Å²) in [5.41, 5.74) is 5.14. The van der Waals surface area contributed by atoms with Gasteiger partial charge in [0.2, 0.25) is 0 Å². The van der Waals surface area contributed by atoms with Crippen molar-refractivity contribution in [1.29, 1.82) is 0 Å². The first-order valence-corrected chi connectivity index (χ1v) is 7.69. The normalized spacial score (nSPS) is 10.3. The average Bonchev–Trinajstić information content (AvgIpc) is 2.69. The summed E-state index contributed by atoms with van der Waals surface area (Å²) in [6.07, 6.45) is 2.54. The van der Waals surface area contributed by atoms with Crippen LogP contribution in [0.1, 0.15) is 15.9 Å². The van der Waals surface area contributed by atoms with Gasteiger partial charge in [-0.25, -0.2) is 0 Å². The molecule has 0 bridgehead atoms. The maximum Gasteiger partial charge on any atom is 0.270 e. The number of non-ortho nitro benzene ring substituents is 1. The molecule has 9 heteroatoms. The third-order valence-electron chi connectivity index (χ3n) is 3.45. The van der Waals surface area contributed by atoms with Crippen LogP contribution in [0.25, 0.3) is 6.08 Å². The van der Waals surface area contributed by atoms with Crippen LogP contribution >= 0.6 is 0 Å². The molecule has 2 aromatic carbocycles. The van der Waals surface area contributed by atoms with Crippen LogP contribution in [-0.2, 0) is 4.79 Å². The van der Waals surface area contributed by atoms with Crippen molar-refractivity contribution in [2.75, 3.05) is 14.2 Å². The molecule has 0 aliphatic heterocycles. The second kappa shape index (κ2) is 8.99. The molecule has 2 amide bonds. The number of rotatable bonds is 6. The van der Waals surface area contributed by atoms with Gasteiger partial charge in [0.15, 0.2) is 11.5 Å². The van der Waals surface area contributed by atoms with Gasteiger partial charge in [-0.3, -0.25) is 30.6 Å². The van der Waals surface area contributed by atoms with Crippen molar-refractivity contribution in [3.05, 3.63) is 69.8 Å². The van der Waals surface area contributed by atoms with E-state index < -0.39 is 16.7 Å². The first-order valence-electron chi connectivity index (χ1n) is 7.69. The maximum atomic E-state index is 12.1. The largest absolute Gasteiger partial charge is 0.493 e. The lowest BCUT2D eigenvalue weighted by molar-refractivity contribution is -0.384. The second-order valence-corrected chi connectivity index (χ2v) is 5.20. The number of nitro benzene ring substituents is 1. The van der Waals surface area contributed by atoms with Gasteiger partial charge in [0.1, 0.15) is 0 Å². The van der Waals surface area contributed by atoms with E-state index in [1.807, 2.05) is 0 Å². The highest BCUT2D eigenvalue weighted by Crippen LogP contribution is 2.27. The van der Waals surface area contributed by atoms with Gasteiger partial charge in [-0.05, 0) is 29.8 Å². The van der Waals surface area contributed by atoms with Gasteiger partial charge >= 0.3 is 0 Å². The van der Waals surface area contributed by atoms with Crippen molar-refractivity contribution in [2.24, 2.45) is 0 Å². The first-order chi connectivity index (χ1) is 12.9.